The number of hydrogen-bond donors (Lipinski definition) is 2. The number of aliphatic carboxylic acids is 1. The number of ether oxygens (including phenoxy) is 2. The Morgan fingerprint density at radius 3 is 2.50 bits per heavy atom. The van der Waals surface area contributed by atoms with E-state index < -0.39 is 11.2 Å². The molecule has 0 radical (unpaired) electrons. The third-order valence-corrected chi connectivity index (χ3v) is 3.61. The number of carbonyl (C=O) groups is 2. The molecular weight excluding hydrogens is 282 g/mol. The Bertz CT molecular complexity index is 492. The lowest BCUT2D eigenvalue weighted by Crippen LogP contribution is -2.19. The topological polar surface area (TPSA) is 84.9 Å². The minimum Gasteiger partial charge on any atom is -0.493 e. The predicted molar refractivity (Wildman–Crippen MR) is 77.7 cm³/mol. The first kappa shape index (κ1) is 16.2. The summed E-state index contributed by atoms with van der Waals surface area (Å²) in [5.41, 5.74) is 0.566. The third kappa shape index (κ3) is 4.65. The zero-order valence-electron chi connectivity index (χ0n) is 11.5. The van der Waals surface area contributed by atoms with Crippen LogP contribution in [-0.2, 0) is 9.59 Å². The van der Waals surface area contributed by atoms with Gasteiger partial charge >= 0.3 is 5.97 Å². The van der Waals surface area contributed by atoms with E-state index >= 15 is 0 Å². The Labute approximate surface area is 121 Å². The van der Waals surface area contributed by atoms with Gasteiger partial charge in [-0.1, -0.05) is 0 Å². The number of methoxy groups -OCH3 is 2. The van der Waals surface area contributed by atoms with Gasteiger partial charge < -0.3 is 19.9 Å². The van der Waals surface area contributed by atoms with Crippen LogP contribution < -0.4 is 14.8 Å². The molecule has 2 N–H and O–H groups in total. The average Bonchev–Trinajstić information content (AvgIpc) is 2.44. The van der Waals surface area contributed by atoms with E-state index in [0.717, 1.165) is 11.8 Å². The van der Waals surface area contributed by atoms with Crippen molar-refractivity contribution in [1.82, 2.24) is 0 Å². The summed E-state index contributed by atoms with van der Waals surface area (Å²) in [5, 5.41) is 10.8. The smallest absolute Gasteiger partial charge is 0.316 e. The van der Waals surface area contributed by atoms with E-state index in [9.17, 15) is 9.59 Å². The van der Waals surface area contributed by atoms with Gasteiger partial charge in [0.1, 0.15) is 0 Å². The van der Waals surface area contributed by atoms with Gasteiger partial charge in [-0.2, -0.15) is 0 Å². The minimum absolute atomic E-state index is 0.0712. The van der Waals surface area contributed by atoms with Crippen LogP contribution in [0, 0.1) is 0 Å². The molecule has 0 saturated carbocycles. The lowest BCUT2D eigenvalue weighted by molar-refractivity contribution is -0.136. The first-order valence-corrected chi connectivity index (χ1v) is 6.89. The van der Waals surface area contributed by atoms with Crippen molar-refractivity contribution in [3.63, 3.8) is 0 Å². The first-order chi connectivity index (χ1) is 9.47. The SMILES string of the molecule is COc1ccc(NC(=O)CSC(C)C(=O)O)cc1OC. The average molecular weight is 299 g/mol. The lowest BCUT2D eigenvalue weighted by atomic mass is 10.2. The molecule has 1 rings (SSSR count). The quantitative estimate of drug-likeness (QED) is 0.799. The summed E-state index contributed by atoms with van der Waals surface area (Å²) < 4.78 is 10.2. The van der Waals surface area contributed by atoms with Gasteiger partial charge in [-0.3, -0.25) is 9.59 Å². The van der Waals surface area contributed by atoms with Crippen LogP contribution in [0.25, 0.3) is 0 Å². The lowest BCUT2D eigenvalue weighted by Gasteiger charge is -2.11. The molecule has 0 bridgehead atoms. The second-order valence-electron chi connectivity index (χ2n) is 3.91. The normalized spacial score (nSPS) is 11.6. The zero-order chi connectivity index (χ0) is 15.1. The van der Waals surface area contributed by atoms with Crippen molar-refractivity contribution in [2.24, 2.45) is 0 Å². The van der Waals surface area contributed by atoms with E-state index in [4.69, 9.17) is 14.6 Å². The molecule has 1 atom stereocenters. The van der Waals surface area contributed by atoms with Gasteiger partial charge in [0.05, 0.1) is 25.2 Å². The summed E-state index contributed by atoms with van der Waals surface area (Å²) in [6.07, 6.45) is 0. The van der Waals surface area contributed by atoms with Crippen molar-refractivity contribution in [2.45, 2.75) is 12.2 Å². The number of carboxylic acid groups (broad SMARTS) is 1. The van der Waals surface area contributed by atoms with Crippen molar-refractivity contribution in [1.29, 1.82) is 0 Å². The summed E-state index contributed by atoms with van der Waals surface area (Å²) in [5.74, 6) is -0.0533. The largest absolute Gasteiger partial charge is 0.493 e. The standard InChI is InChI=1S/C13H17NO5S/c1-8(13(16)17)20-7-12(15)14-9-4-5-10(18-2)11(6-9)19-3/h4-6,8H,7H2,1-3H3,(H,14,15)(H,16,17). The highest BCUT2D eigenvalue weighted by Gasteiger charge is 2.14. The number of benzene rings is 1. The van der Waals surface area contributed by atoms with Crippen LogP contribution in [0.3, 0.4) is 0 Å². The Hall–Kier alpha value is -1.89. The van der Waals surface area contributed by atoms with Crippen molar-refractivity contribution in [3.8, 4) is 11.5 Å². The number of nitrogens with one attached hydrogen (secondary N) is 1. The molecule has 1 aromatic rings. The highest BCUT2D eigenvalue weighted by Crippen LogP contribution is 2.29. The molecule has 1 amide bonds. The van der Waals surface area contributed by atoms with Crippen LogP contribution in [0.2, 0.25) is 0 Å². The van der Waals surface area contributed by atoms with E-state index in [-0.39, 0.29) is 11.7 Å². The molecule has 0 aliphatic heterocycles. The predicted octanol–water partition coefficient (Wildman–Crippen LogP) is 1.85. The van der Waals surface area contributed by atoms with Gasteiger partial charge in [0, 0.05) is 11.8 Å². The van der Waals surface area contributed by atoms with Crippen LogP contribution in [0.1, 0.15) is 6.92 Å². The molecule has 0 aromatic heterocycles. The second kappa shape index (κ2) is 7.64. The fourth-order valence-corrected chi connectivity index (χ4v) is 2.00. The summed E-state index contributed by atoms with van der Waals surface area (Å²) in [6.45, 7) is 1.54. The molecule has 6 nitrogen and oxygen atoms in total. The minimum atomic E-state index is -0.936. The zero-order valence-corrected chi connectivity index (χ0v) is 12.3. The van der Waals surface area contributed by atoms with Crippen molar-refractivity contribution in [3.05, 3.63) is 18.2 Å². The molecule has 0 heterocycles. The molecule has 110 valence electrons. The fraction of sp³-hybridized carbons (Fsp3) is 0.385. The number of rotatable bonds is 7. The molecule has 1 aromatic carbocycles. The Morgan fingerprint density at radius 1 is 1.30 bits per heavy atom. The Kier molecular flexibility index (Phi) is 6.17. The van der Waals surface area contributed by atoms with Gasteiger partial charge in [0.2, 0.25) is 5.91 Å². The summed E-state index contributed by atoms with van der Waals surface area (Å²) in [6, 6.07) is 5.01. The van der Waals surface area contributed by atoms with E-state index in [2.05, 4.69) is 5.32 Å². The molecule has 0 aliphatic rings. The van der Waals surface area contributed by atoms with Crippen LogP contribution in [0.15, 0.2) is 18.2 Å². The molecular formula is C13H17NO5S. The van der Waals surface area contributed by atoms with E-state index in [1.165, 1.54) is 21.1 Å². The maximum absolute atomic E-state index is 11.7. The van der Waals surface area contributed by atoms with Crippen LogP contribution in [0.5, 0.6) is 11.5 Å². The van der Waals surface area contributed by atoms with E-state index in [1.54, 1.807) is 18.2 Å². The number of hydrogen-bond acceptors (Lipinski definition) is 5. The number of thioether (sulfide) groups is 1. The number of amides is 1. The molecule has 7 heteroatoms. The third-order valence-electron chi connectivity index (χ3n) is 2.48. The molecule has 0 saturated heterocycles. The second-order valence-corrected chi connectivity index (χ2v) is 5.24. The monoisotopic (exact) mass is 299 g/mol. The van der Waals surface area contributed by atoms with Gasteiger partial charge in [0.25, 0.3) is 0 Å². The number of carbonyl (C=O) groups excluding carboxylic acids is 1. The Morgan fingerprint density at radius 2 is 1.95 bits per heavy atom. The molecule has 1 unspecified atom stereocenters. The molecule has 0 fully saturated rings. The number of carboxylic acids is 1. The molecule has 0 aliphatic carbocycles. The maximum Gasteiger partial charge on any atom is 0.316 e. The van der Waals surface area contributed by atoms with Gasteiger partial charge in [-0.15, -0.1) is 11.8 Å². The van der Waals surface area contributed by atoms with Crippen molar-refractivity contribution >= 4 is 29.3 Å². The van der Waals surface area contributed by atoms with E-state index in [0.29, 0.717) is 17.2 Å². The summed E-state index contributed by atoms with van der Waals surface area (Å²) in [4.78, 5) is 22.3. The molecule has 20 heavy (non-hydrogen) atoms. The Balaban J connectivity index is 2.60. The first-order valence-electron chi connectivity index (χ1n) is 5.84. The van der Waals surface area contributed by atoms with Gasteiger partial charge in [-0.05, 0) is 19.1 Å². The van der Waals surface area contributed by atoms with Crippen LogP contribution in [0.4, 0.5) is 5.69 Å². The van der Waals surface area contributed by atoms with Crippen LogP contribution >= 0.6 is 11.8 Å². The molecule has 0 spiro atoms. The maximum atomic E-state index is 11.7. The van der Waals surface area contributed by atoms with Gasteiger partial charge in [0.15, 0.2) is 11.5 Å². The summed E-state index contributed by atoms with van der Waals surface area (Å²) in [7, 11) is 3.04. The highest BCUT2D eigenvalue weighted by molar-refractivity contribution is 8.01. The van der Waals surface area contributed by atoms with Crippen molar-refractivity contribution < 1.29 is 24.2 Å². The highest BCUT2D eigenvalue weighted by atomic mass is 32.2. The van der Waals surface area contributed by atoms with E-state index in [1.807, 2.05) is 0 Å². The van der Waals surface area contributed by atoms with Gasteiger partial charge in [-0.25, -0.2) is 0 Å². The van der Waals surface area contributed by atoms with Crippen molar-refractivity contribution in [2.75, 3.05) is 25.3 Å². The fourth-order valence-electron chi connectivity index (χ4n) is 1.38. The summed E-state index contributed by atoms with van der Waals surface area (Å²) >= 11 is 1.06. The number of anilines is 1. The van der Waals surface area contributed by atoms with Crippen LogP contribution in [-0.4, -0.2) is 42.2 Å².